The first-order valence-electron chi connectivity index (χ1n) is 11.0. The number of likely N-dealkylation sites (tertiary alicyclic amines) is 2. The summed E-state index contributed by atoms with van der Waals surface area (Å²) in [5.74, 6) is 1.04. The molecule has 2 amide bonds. The molecular weight excluding hydrogens is 394 g/mol. The van der Waals surface area contributed by atoms with Gasteiger partial charge in [-0.2, -0.15) is 0 Å². The van der Waals surface area contributed by atoms with E-state index in [4.69, 9.17) is 4.74 Å². The lowest BCUT2D eigenvalue weighted by Gasteiger charge is -2.24. The number of rotatable bonds is 5. The first-order chi connectivity index (χ1) is 14.7. The van der Waals surface area contributed by atoms with Crippen LogP contribution in [0.3, 0.4) is 0 Å². The molecule has 2 N–H and O–H groups in total. The van der Waals surface area contributed by atoms with Crippen LogP contribution in [0.1, 0.15) is 51.2 Å². The SMILES string of the molecule is CN=C(NCc1ccccc1CN1CCCC1=O)N1CCC(NC(=O)OC(C)(C)C)C1. The molecule has 2 fully saturated rings. The van der Waals surface area contributed by atoms with Crippen molar-refractivity contribution in [2.24, 2.45) is 4.99 Å². The molecular formula is C23H35N5O3. The fourth-order valence-corrected chi connectivity index (χ4v) is 4.01. The summed E-state index contributed by atoms with van der Waals surface area (Å²) in [6.07, 6.45) is 2.06. The first-order valence-corrected chi connectivity index (χ1v) is 11.0. The molecule has 8 nitrogen and oxygen atoms in total. The van der Waals surface area contributed by atoms with Gasteiger partial charge in [0.2, 0.25) is 5.91 Å². The van der Waals surface area contributed by atoms with Crippen molar-refractivity contribution in [2.45, 2.75) is 64.8 Å². The maximum Gasteiger partial charge on any atom is 0.407 e. The molecule has 1 aromatic carbocycles. The van der Waals surface area contributed by atoms with Crippen molar-refractivity contribution in [3.05, 3.63) is 35.4 Å². The summed E-state index contributed by atoms with van der Waals surface area (Å²) in [7, 11) is 1.77. The Morgan fingerprint density at radius 1 is 1.23 bits per heavy atom. The number of carbonyl (C=O) groups is 2. The van der Waals surface area contributed by atoms with Crippen molar-refractivity contribution in [1.82, 2.24) is 20.4 Å². The van der Waals surface area contributed by atoms with Crippen LogP contribution >= 0.6 is 0 Å². The standard InChI is InChI=1S/C23H35N5O3/c1-23(2,3)31-22(30)26-19-11-13-28(16-19)21(24-4)25-14-17-8-5-6-9-18(17)15-27-12-7-10-20(27)29/h5-6,8-9,19H,7,10-16H2,1-4H3,(H,24,25)(H,26,30). The molecule has 3 rings (SSSR count). The van der Waals surface area contributed by atoms with Gasteiger partial charge in [0.25, 0.3) is 0 Å². The van der Waals surface area contributed by atoms with Gasteiger partial charge in [0.1, 0.15) is 5.60 Å². The predicted molar refractivity (Wildman–Crippen MR) is 121 cm³/mol. The number of hydrogen-bond acceptors (Lipinski definition) is 4. The van der Waals surface area contributed by atoms with Gasteiger partial charge in [0.15, 0.2) is 5.96 Å². The third-order valence-corrected chi connectivity index (χ3v) is 5.51. The van der Waals surface area contributed by atoms with Gasteiger partial charge in [0.05, 0.1) is 6.04 Å². The van der Waals surface area contributed by atoms with Crippen molar-refractivity contribution in [3.63, 3.8) is 0 Å². The van der Waals surface area contributed by atoms with E-state index in [0.717, 1.165) is 43.0 Å². The fourth-order valence-electron chi connectivity index (χ4n) is 4.01. The highest BCUT2D eigenvalue weighted by Crippen LogP contribution is 2.18. The quantitative estimate of drug-likeness (QED) is 0.555. The van der Waals surface area contributed by atoms with E-state index in [2.05, 4.69) is 32.7 Å². The largest absolute Gasteiger partial charge is 0.444 e. The van der Waals surface area contributed by atoms with Crippen LogP contribution in [-0.2, 0) is 22.6 Å². The van der Waals surface area contributed by atoms with Gasteiger partial charge >= 0.3 is 6.09 Å². The molecule has 2 aliphatic rings. The lowest BCUT2D eigenvalue weighted by atomic mass is 10.1. The molecule has 1 aromatic rings. The molecule has 31 heavy (non-hydrogen) atoms. The van der Waals surface area contributed by atoms with E-state index < -0.39 is 5.60 Å². The second kappa shape index (κ2) is 10.0. The Bertz CT molecular complexity index is 818. The lowest BCUT2D eigenvalue weighted by Crippen LogP contribution is -2.44. The van der Waals surface area contributed by atoms with Crippen LogP contribution < -0.4 is 10.6 Å². The number of guanidine groups is 1. The van der Waals surface area contributed by atoms with Crippen LogP contribution in [0.4, 0.5) is 4.79 Å². The second-order valence-electron chi connectivity index (χ2n) is 9.17. The number of alkyl carbamates (subject to hydrolysis) is 1. The number of aliphatic imine (C=N–C) groups is 1. The van der Waals surface area contributed by atoms with Gasteiger partial charge in [-0.05, 0) is 44.7 Å². The molecule has 0 saturated carbocycles. The molecule has 8 heteroatoms. The zero-order valence-corrected chi connectivity index (χ0v) is 19.1. The van der Waals surface area contributed by atoms with Gasteiger partial charge < -0.3 is 25.2 Å². The Hall–Kier alpha value is -2.77. The van der Waals surface area contributed by atoms with Crippen molar-refractivity contribution in [3.8, 4) is 0 Å². The number of amides is 2. The molecule has 170 valence electrons. The zero-order valence-electron chi connectivity index (χ0n) is 19.1. The average Bonchev–Trinajstić information content (AvgIpc) is 3.31. The molecule has 1 unspecified atom stereocenters. The highest BCUT2D eigenvalue weighted by molar-refractivity contribution is 5.80. The molecule has 0 radical (unpaired) electrons. The third kappa shape index (κ3) is 6.60. The van der Waals surface area contributed by atoms with E-state index in [0.29, 0.717) is 26.1 Å². The molecule has 0 aromatic heterocycles. The smallest absolute Gasteiger partial charge is 0.407 e. The lowest BCUT2D eigenvalue weighted by molar-refractivity contribution is -0.128. The minimum absolute atomic E-state index is 0.0295. The average molecular weight is 430 g/mol. The van der Waals surface area contributed by atoms with Crippen LogP contribution in [-0.4, -0.2) is 66.1 Å². The normalized spacial score (nSPS) is 19.7. The van der Waals surface area contributed by atoms with Gasteiger partial charge in [-0.15, -0.1) is 0 Å². The van der Waals surface area contributed by atoms with E-state index in [1.165, 1.54) is 0 Å². The van der Waals surface area contributed by atoms with Gasteiger partial charge in [-0.3, -0.25) is 9.79 Å². The van der Waals surface area contributed by atoms with Gasteiger partial charge in [0, 0.05) is 46.2 Å². The maximum absolute atomic E-state index is 12.0. The Kier molecular flexibility index (Phi) is 7.41. The van der Waals surface area contributed by atoms with E-state index >= 15 is 0 Å². The van der Waals surface area contributed by atoms with Crippen LogP contribution in [0, 0.1) is 0 Å². The highest BCUT2D eigenvalue weighted by Gasteiger charge is 2.28. The minimum atomic E-state index is -0.507. The zero-order chi connectivity index (χ0) is 22.4. The molecule has 0 aliphatic carbocycles. The van der Waals surface area contributed by atoms with Crippen molar-refractivity contribution in [2.75, 3.05) is 26.7 Å². The van der Waals surface area contributed by atoms with Gasteiger partial charge in [-0.25, -0.2) is 4.79 Å². The summed E-state index contributed by atoms with van der Waals surface area (Å²) in [4.78, 5) is 32.6. The highest BCUT2D eigenvalue weighted by atomic mass is 16.6. The van der Waals surface area contributed by atoms with Crippen LogP contribution in [0.15, 0.2) is 29.3 Å². The molecule has 1 atom stereocenters. The van der Waals surface area contributed by atoms with Crippen LogP contribution in [0.5, 0.6) is 0 Å². The summed E-state index contributed by atoms with van der Waals surface area (Å²) >= 11 is 0. The van der Waals surface area contributed by atoms with Gasteiger partial charge in [-0.1, -0.05) is 24.3 Å². The Balaban J connectivity index is 1.53. The number of ether oxygens (including phenoxy) is 1. The van der Waals surface area contributed by atoms with E-state index in [9.17, 15) is 9.59 Å². The van der Waals surface area contributed by atoms with Crippen LogP contribution in [0.2, 0.25) is 0 Å². The van der Waals surface area contributed by atoms with E-state index in [1.54, 1.807) is 7.05 Å². The number of hydrogen-bond donors (Lipinski definition) is 2. The summed E-state index contributed by atoms with van der Waals surface area (Å²) in [6, 6.07) is 8.24. The Morgan fingerprint density at radius 2 is 1.97 bits per heavy atom. The van der Waals surface area contributed by atoms with Crippen molar-refractivity contribution >= 4 is 18.0 Å². The first kappa shape index (κ1) is 22.9. The summed E-state index contributed by atoms with van der Waals surface area (Å²) < 4.78 is 5.36. The molecule has 2 saturated heterocycles. The van der Waals surface area contributed by atoms with Crippen molar-refractivity contribution < 1.29 is 14.3 Å². The maximum atomic E-state index is 12.0. The Labute approximate surface area is 185 Å². The minimum Gasteiger partial charge on any atom is -0.444 e. The van der Waals surface area contributed by atoms with Crippen LogP contribution in [0.25, 0.3) is 0 Å². The van der Waals surface area contributed by atoms with Crippen molar-refractivity contribution in [1.29, 1.82) is 0 Å². The molecule has 0 spiro atoms. The molecule has 2 aliphatic heterocycles. The number of benzene rings is 1. The predicted octanol–water partition coefficient (Wildman–Crippen LogP) is 2.48. The summed E-state index contributed by atoms with van der Waals surface area (Å²) in [6.45, 7) is 9.19. The van der Waals surface area contributed by atoms with E-state index in [-0.39, 0.29) is 18.0 Å². The topological polar surface area (TPSA) is 86.3 Å². The number of nitrogens with zero attached hydrogens (tertiary/aromatic N) is 3. The second-order valence-corrected chi connectivity index (χ2v) is 9.17. The Morgan fingerprint density at radius 3 is 2.61 bits per heavy atom. The fraction of sp³-hybridized carbons (Fsp3) is 0.609. The number of carbonyl (C=O) groups excluding carboxylic acids is 2. The molecule has 0 bridgehead atoms. The summed E-state index contributed by atoms with van der Waals surface area (Å²) in [5.41, 5.74) is 1.81. The number of nitrogens with one attached hydrogen (secondary N) is 2. The summed E-state index contributed by atoms with van der Waals surface area (Å²) in [5, 5.41) is 6.39. The third-order valence-electron chi connectivity index (χ3n) is 5.51. The monoisotopic (exact) mass is 429 g/mol. The van der Waals surface area contributed by atoms with E-state index in [1.807, 2.05) is 37.8 Å². The molecule has 2 heterocycles.